The molecule has 0 rings (SSSR count). The molecule has 15 heavy (non-hydrogen) atoms. The summed E-state index contributed by atoms with van der Waals surface area (Å²) >= 11 is 0. The van der Waals surface area contributed by atoms with Gasteiger partial charge in [-0.1, -0.05) is 20.8 Å². The third-order valence-electron chi connectivity index (χ3n) is 1.37. The summed E-state index contributed by atoms with van der Waals surface area (Å²) in [5.41, 5.74) is 5.81. The average molecular weight is 229 g/mol. The highest BCUT2D eigenvalue weighted by atomic mass is 19.4. The van der Waals surface area contributed by atoms with Gasteiger partial charge in [0.2, 0.25) is 0 Å². The lowest BCUT2D eigenvalue weighted by Crippen LogP contribution is -2.21. The fourth-order valence-corrected chi connectivity index (χ4v) is 0.632. The fourth-order valence-electron chi connectivity index (χ4n) is 0.632. The molecule has 0 aliphatic carbocycles. The van der Waals surface area contributed by atoms with Gasteiger partial charge in [-0.05, 0) is 24.8 Å². The zero-order valence-corrected chi connectivity index (χ0v) is 9.19. The number of carboxylic acid groups (broad SMARTS) is 1. The third kappa shape index (κ3) is 15.9. The minimum absolute atomic E-state index is 0.472. The van der Waals surface area contributed by atoms with Crippen LogP contribution in [0.5, 0.6) is 0 Å². The van der Waals surface area contributed by atoms with Crippen molar-refractivity contribution in [2.24, 2.45) is 11.1 Å². The summed E-state index contributed by atoms with van der Waals surface area (Å²) in [6, 6.07) is 0. The van der Waals surface area contributed by atoms with Gasteiger partial charge in [0, 0.05) is 0 Å². The van der Waals surface area contributed by atoms with Crippen LogP contribution in [0.3, 0.4) is 0 Å². The van der Waals surface area contributed by atoms with E-state index in [4.69, 9.17) is 15.6 Å². The number of rotatable bonds is 2. The van der Waals surface area contributed by atoms with Crippen molar-refractivity contribution in [3.8, 4) is 0 Å². The van der Waals surface area contributed by atoms with Crippen molar-refractivity contribution in [2.45, 2.75) is 39.8 Å². The molecule has 3 N–H and O–H groups in total. The lowest BCUT2D eigenvalue weighted by Gasteiger charge is -2.16. The highest BCUT2D eigenvalue weighted by Crippen LogP contribution is 2.19. The maximum absolute atomic E-state index is 10.6. The molecule has 0 atom stereocenters. The first-order valence-corrected chi connectivity index (χ1v) is 4.51. The summed E-state index contributed by atoms with van der Waals surface area (Å²) < 4.78 is 31.7. The van der Waals surface area contributed by atoms with Crippen molar-refractivity contribution in [1.29, 1.82) is 0 Å². The molecular formula is C9H18F3NO2. The molecule has 0 aromatic carbocycles. The van der Waals surface area contributed by atoms with Crippen LogP contribution in [0.4, 0.5) is 13.2 Å². The molecule has 0 spiro atoms. The van der Waals surface area contributed by atoms with Crippen molar-refractivity contribution in [1.82, 2.24) is 0 Å². The molecule has 0 saturated carbocycles. The Bertz CT molecular complexity index is 185. The minimum Gasteiger partial charge on any atom is -0.475 e. The molecule has 0 radical (unpaired) electrons. The predicted molar refractivity (Wildman–Crippen MR) is 51.4 cm³/mol. The first-order chi connectivity index (χ1) is 6.50. The first kappa shape index (κ1) is 16.6. The predicted octanol–water partition coefficient (Wildman–Crippen LogP) is 2.40. The number of carboxylic acids is 1. The van der Waals surface area contributed by atoms with Crippen LogP contribution in [-0.4, -0.2) is 23.8 Å². The first-order valence-electron chi connectivity index (χ1n) is 4.51. The maximum atomic E-state index is 10.6. The highest BCUT2D eigenvalue weighted by Gasteiger charge is 2.38. The van der Waals surface area contributed by atoms with Crippen LogP contribution in [0, 0.1) is 5.41 Å². The summed E-state index contributed by atoms with van der Waals surface area (Å²) in [6.45, 7) is 7.55. The van der Waals surface area contributed by atoms with Crippen LogP contribution in [0.25, 0.3) is 0 Å². The Morgan fingerprint density at radius 1 is 1.27 bits per heavy atom. The third-order valence-corrected chi connectivity index (χ3v) is 1.37. The molecule has 0 fully saturated rings. The van der Waals surface area contributed by atoms with Gasteiger partial charge in [-0.25, -0.2) is 4.79 Å². The van der Waals surface area contributed by atoms with Gasteiger partial charge >= 0.3 is 12.1 Å². The number of hydrogen-bond donors (Lipinski definition) is 2. The molecule has 0 aromatic heterocycles. The van der Waals surface area contributed by atoms with Gasteiger partial charge < -0.3 is 10.8 Å². The molecule has 0 amide bonds. The number of halogens is 3. The zero-order valence-electron chi connectivity index (χ0n) is 9.19. The second-order valence-corrected chi connectivity index (χ2v) is 4.26. The van der Waals surface area contributed by atoms with Gasteiger partial charge in [0.05, 0.1) is 0 Å². The zero-order chi connectivity index (χ0) is 12.7. The van der Waals surface area contributed by atoms with Crippen LogP contribution < -0.4 is 5.73 Å². The molecule has 0 saturated heterocycles. The van der Waals surface area contributed by atoms with Crippen LogP contribution in [0.1, 0.15) is 33.6 Å². The van der Waals surface area contributed by atoms with E-state index in [1.807, 2.05) is 0 Å². The van der Waals surface area contributed by atoms with E-state index in [-0.39, 0.29) is 0 Å². The normalized spacial score (nSPS) is 11.7. The van der Waals surface area contributed by atoms with E-state index < -0.39 is 12.1 Å². The summed E-state index contributed by atoms with van der Waals surface area (Å²) in [5, 5.41) is 7.12. The monoisotopic (exact) mass is 229 g/mol. The lowest BCUT2D eigenvalue weighted by atomic mass is 9.91. The molecule has 0 aromatic rings. The molecule has 0 bridgehead atoms. The molecule has 0 aliphatic rings. The van der Waals surface area contributed by atoms with E-state index >= 15 is 0 Å². The summed E-state index contributed by atoms with van der Waals surface area (Å²) in [6.07, 6.45) is -2.69. The quantitative estimate of drug-likeness (QED) is 0.764. The van der Waals surface area contributed by atoms with Crippen LogP contribution in [0.15, 0.2) is 0 Å². The Morgan fingerprint density at radius 2 is 1.60 bits per heavy atom. The Labute approximate surface area is 87.5 Å². The van der Waals surface area contributed by atoms with Crippen LogP contribution >= 0.6 is 0 Å². The molecule has 6 heteroatoms. The van der Waals surface area contributed by atoms with E-state index in [2.05, 4.69) is 20.8 Å². The standard InChI is InChI=1S/C7H17N.C2HF3O2/c1-7(2,3)5-4-6-8;3-2(4,5)1(6)7/h4-6,8H2,1-3H3;(H,6,7). The van der Waals surface area contributed by atoms with Crippen molar-refractivity contribution in [3.63, 3.8) is 0 Å². The van der Waals surface area contributed by atoms with Gasteiger partial charge in [-0.3, -0.25) is 0 Å². The van der Waals surface area contributed by atoms with Crippen LogP contribution in [0.2, 0.25) is 0 Å². The molecule has 0 heterocycles. The maximum Gasteiger partial charge on any atom is 0.490 e. The Kier molecular flexibility index (Phi) is 7.39. The van der Waals surface area contributed by atoms with E-state index in [1.165, 1.54) is 6.42 Å². The Balaban J connectivity index is 0. The molecule has 0 aliphatic heterocycles. The SMILES string of the molecule is CC(C)(C)CCCN.O=C(O)C(F)(F)F. The summed E-state index contributed by atoms with van der Waals surface area (Å²) in [7, 11) is 0. The van der Waals surface area contributed by atoms with E-state index in [0.29, 0.717) is 5.41 Å². The van der Waals surface area contributed by atoms with Gasteiger partial charge in [-0.15, -0.1) is 0 Å². The van der Waals surface area contributed by atoms with Gasteiger partial charge in [0.15, 0.2) is 0 Å². The molecule has 0 unspecified atom stereocenters. The fraction of sp³-hybridized carbons (Fsp3) is 0.889. The summed E-state index contributed by atoms with van der Waals surface area (Å²) in [5.74, 6) is -2.76. The number of hydrogen-bond acceptors (Lipinski definition) is 2. The number of aliphatic carboxylic acids is 1. The van der Waals surface area contributed by atoms with Crippen molar-refractivity contribution in [2.75, 3.05) is 6.54 Å². The number of carbonyl (C=O) groups is 1. The minimum atomic E-state index is -5.08. The molecule has 92 valence electrons. The van der Waals surface area contributed by atoms with E-state index in [1.54, 1.807) is 0 Å². The van der Waals surface area contributed by atoms with Gasteiger partial charge in [-0.2, -0.15) is 13.2 Å². The summed E-state index contributed by atoms with van der Waals surface area (Å²) in [4.78, 5) is 8.90. The smallest absolute Gasteiger partial charge is 0.475 e. The number of alkyl halides is 3. The van der Waals surface area contributed by atoms with E-state index in [0.717, 1.165) is 13.0 Å². The average Bonchev–Trinajstić information content (AvgIpc) is 1.98. The Morgan fingerprint density at radius 3 is 1.67 bits per heavy atom. The topological polar surface area (TPSA) is 63.3 Å². The van der Waals surface area contributed by atoms with Gasteiger partial charge in [0.25, 0.3) is 0 Å². The second-order valence-electron chi connectivity index (χ2n) is 4.26. The van der Waals surface area contributed by atoms with Crippen LogP contribution in [-0.2, 0) is 4.79 Å². The lowest BCUT2D eigenvalue weighted by molar-refractivity contribution is -0.192. The van der Waals surface area contributed by atoms with Crippen molar-refractivity contribution in [3.05, 3.63) is 0 Å². The van der Waals surface area contributed by atoms with Crippen molar-refractivity contribution < 1.29 is 23.1 Å². The number of nitrogens with two attached hydrogens (primary N) is 1. The highest BCUT2D eigenvalue weighted by molar-refractivity contribution is 5.73. The second kappa shape index (κ2) is 6.66. The van der Waals surface area contributed by atoms with Gasteiger partial charge in [0.1, 0.15) is 0 Å². The Hall–Kier alpha value is -0.780. The molecular weight excluding hydrogens is 211 g/mol. The van der Waals surface area contributed by atoms with E-state index in [9.17, 15) is 13.2 Å². The largest absolute Gasteiger partial charge is 0.490 e. The molecule has 3 nitrogen and oxygen atoms in total. The van der Waals surface area contributed by atoms with Crippen molar-refractivity contribution >= 4 is 5.97 Å².